The number of aromatic amines is 2. The van der Waals surface area contributed by atoms with Crippen LogP contribution in [0.4, 0.5) is 0 Å². The van der Waals surface area contributed by atoms with Gasteiger partial charge in [0.15, 0.2) is 0 Å². The van der Waals surface area contributed by atoms with Crippen molar-refractivity contribution in [1.29, 1.82) is 0 Å². The predicted octanol–water partition coefficient (Wildman–Crippen LogP) is 2.63. The van der Waals surface area contributed by atoms with Crippen LogP contribution in [0.3, 0.4) is 0 Å². The van der Waals surface area contributed by atoms with E-state index in [1.165, 1.54) is 0 Å². The topological polar surface area (TPSA) is 104 Å². The molecule has 2 N–H and O–H groups in total. The minimum absolute atomic E-state index is 0.141. The third-order valence-corrected chi connectivity index (χ3v) is 5.69. The van der Waals surface area contributed by atoms with Gasteiger partial charge in [-0.3, -0.25) is 14.7 Å². The summed E-state index contributed by atoms with van der Waals surface area (Å²) < 4.78 is 10.4. The molecule has 0 aliphatic carbocycles. The molecule has 1 aromatic carbocycles. The molecule has 1 aromatic heterocycles. The SMILES string of the molecule is CCOC(=O)c1[nH]c(=O)[nH]c1CN1CCC(C(=O)OCC)(c2ccc(Cl)cc2)CC1. The number of imidazole rings is 1. The standard InChI is InChI=1S/C21H26ClN3O5/c1-3-29-18(26)17-16(23-20(28)24-17)13-25-11-9-21(10-12-25,19(27)30-4-2)14-5-7-15(22)8-6-14/h5-8H,3-4,9-13H2,1-2H3,(H2,23,24,28). The Hall–Kier alpha value is -2.58. The molecule has 1 fully saturated rings. The molecule has 0 amide bonds. The van der Waals surface area contributed by atoms with Crippen molar-refractivity contribution in [2.45, 2.75) is 38.6 Å². The molecule has 1 aliphatic heterocycles. The summed E-state index contributed by atoms with van der Waals surface area (Å²) in [6, 6.07) is 7.30. The Balaban J connectivity index is 1.77. The molecule has 0 atom stereocenters. The first kappa shape index (κ1) is 22.1. The summed E-state index contributed by atoms with van der Waals surface area (Å²) >= 11 is 6.02. The fraction of sp³-hybridized carbons (Fsp3) is 0.476. The second-order valence-electron chi connectivity index (χ2n) is 7.24. The van der Waals surface area contributed by atoms with Crippen molar-refractivity contribution in [2.75, 3.05) is 26.3 Å². The summed E-state index contributed by atoms with van der Waals surface area (Å²) in [5.41, 5.74) is 0.307. The zero-order valence-electron chi connectivity index (χ0n) is 17.1. The maximum atomic E-state index is 12.9. The van der Waals surface area contributed by atoms with Gasteiger partial charge < -0.3 is 14.5 Å². The van der Waals surface area contributed by atoms with E-state index in [0.29, 0.717) is 49.8 Å². The maximum absolute atomic E-state index is 12.9. The van der Waals surface area contributed by atoms with E-state index in [4.69, 9.17) is 21.1 Å². The number of halogens is 1. The van der Waals surface area contributed by atoms with E-state index in [1.807, 2.05) is 12.1 Å². The molecule has 30 heavy (non-hydrogen) atoms. The number of benzene rings is 1. The Kier molecular flexibility index (Phi) is 6.99. The second-order valence-corrected chi connectivity index (χ2v) is 7.68. The van der Waals surface area contributed by atoms with Crippen LogP contribution in [-0.4, -0.2) is 53.1 Å². The van der Waals surface area contributed by atoms with Crippen LogP contribution in [0, 0.1) is 0 Å². The molecule has 9 heteroatoms. The van der Waals surface area contributed by atoms with Gasteiger partial charge in [-0.05, 0) is 57.5 Å². The van der Waals surface area contributed by atoms with Crippen molar-refractivity contribution in [3.63, 3.8) is 0 Å². The molecule has 2 heterocycles. The highest BCUT2D eigenvalue weighted by atomic mass is 35.5. The van der Waals surface area contributed by atoms with E-state index in [1.54, 1.807) is 26.0 Å². The van der Waals surface area contributed by atoms with Crippen molar-refractivity contribution in [2.24, 2.45) is 0 Å². The predicted molar refractivity (Wildman–Crippen MR) is 112 cm³/mol. The zero-order chi connectivity index (χ0) is 21.7. The number of nitrogens with zero attached hydrogens (tertiary/aromatic N) is 1. The number of carbonyl (C=O) groups excluding carboxylic acids is 2. The molecule has 8 nitrogen and oxygen atoms in total. The lowest BCUT2D eigenvalue weighted by molar-refractivity contribution is -0.152. The zero-order valence-corrected chi connectivity index (χ0v) is 17.9. The molecule has 0 spiro atoms. The number of esters is 2. The molecule has 162 valence electrons. The molecule has 3 rings (SSSR count). The van der Waals surface area contributed by atoms with Crippen molar-refractivity contribution in [3.05, 3.63) is 56.7 Å². The Morgan fingerprint density at radius 3 is 2.30 bits per heavy atom. The molecular formula is C21H26ClN3O5. The maximum Gasteiger partial charge on any atom is 0.356 e. The van der Waals surface area contributed by atoms with Gasteiger partial charge in [-0.25, -0.2) is 9.59 Å². The van der Waals surface area contributed by atoms with Crippen LogP contribution in [-0.2, 0) is 26.2 Å². The lowest BCUT2D eigenvalue weighted by Crippen LogP contribution is -2.48. The fourth-order valence-electron chi connectivity index (χ4n) is 3.88. The third-order valence-electron chi connectivity index (χ3n) is 5.44. The average Bonchev–Trinajstić information content (AvgIpc) is 3.10. The molecule has 1 aliphatic rings. The van der Waals surface area contributed by atoms with E-state index in [0.717, 1.165) is 5.56 Å². The van der Waals surface area contributed by atoms with Crippen LogP contribution in [0.2, 0.25) is 5.02 Å². The van der Waals surface area contributed by atoms with Crippen LogP contribution in [0.25, 0.3) is 0 Å². The molecular weight excluding hydrogens is 410 g/mol. The lowest BCUT2D eigenvalue weighted by atomic mass is 9.72. The molecule has 1 saturated heterocycles. The number of rotatable bonds is 7. The van der Waals surface area contributed by atoms with Crippen LogP contribution in [0.15, 0.2) is 29.1 Å². The minimum Gasteiger partial charge on any atom is -0.465 e. The molecule has 0 radical (unpaired) electrons. The number of likely N-dealkylation sites (tertiary alicyclic amines) is 1. The van der Waals surface area contributed by atoms with Crippen LogP contribution in [0.5, 0.6) is 0 Å². The van der Waals surface area contributed by atoms with Gasteiger partial charge in [-0.1, -0.05) is 23.7 Å². The van der Waals surface area contributed by atoms with Gasteiger partial charge in [0.25, 0.3) is 0 Å². The number of piperidine rings is 1. The number of nitrogens with one attached hydrogen (secondary N) is 2. The summed E-state index contributed by atoms with van der Waals surface area (Å²) in [5.74, 6) is -0.806. The summed E-state index contributed by atoms with van der Waals surface area (Å²) in [5, 5.41) is 0.609. The summed E-state index contributed by atoms with van der Waals surface area (Å²) in [6.07, 6.45) is 1.10. The smallest absolute Gasteiger partial charge is 0.356 e. The number of aromatic nitrogens is 2. The average molecular weight is 436 g/mol. The van der Waals surface area contributed by atoms with Gasteiger partial charge in [0, 0.05) is 11.6 Å². The van der Waals surface area contributed by atoms with E-state index in [9.17, 15) is 14.4 Å². The highest BCUT2D eigenvalue weighted by molar-refractivity contribution is 6.30. The molecule has 0 unspecified atom stereocenters. The number of H-pyrrole nitrogens is 2. The van der Waals surface area contributed by atoms with Gasteiger partial charge in [-0.2, -0.15) is 0 Å². The first-order valence-corrected chi connectivity index (χ1v) is 10.4. The van der Waals surface area contributed by atoms with Gasteiger partial charge in [-0.15, -0.1) is 0 Å². The van der Waals surface area contributed by atoms with E-state index in [2.05, 4.69) is 14.9 Å². The van der Waals surface area contributed by atoms with Gasteiger partial charge in [0.1, 0.15) is 5.69 Å². The number of carbonyl (C=O) groups is 2. The largest absolute Gasteiger partial charge is 0.465 e. The fourth-order valence-corrected chi connectivity index (χ4v) is 4.01. The molecule has 0 bridgehead atoms. The van der Waals surface area contributed by atoms with Crippen LogP contribution < -0.4 is 5.69 Å². The van der Waals surface area contributed by atoms with E-state index >= 15 is 0 Å². The monoisotopic (exact) mass is 435 g/mol. The number of ether oxygens (including phenoxy) is 2. The summed E-state index contributed by atoms with van der Waals surface area (Å²) in [7, 11) is 0. The quantitative estimate of drug-likeness (QED) is 0.648. The minimum atomic E-state index is -0.743. The van der Waals surface area contributed by atoms with Crippen LogP contribution in [0.1, 0.15) is 48.4 Å². The van der Waals surface area contributed by atoms with Gasteiger partial charge >= 0.3 is 17.6 Å². The summed E-state index contributed by atoms with van der Waals surface area (Å²) in [6.45, 7) is 5.59. The molecule has 0 saturated carbocycles. The lowest BCUT2D eigenvalue weighted by Gasteiger charge is -2.40. The van der Waals surface area contributed by atoms with Gasteiger partial charge in [0.05, 0.1) is 24.3 Å². The van der Waals surface area contributed by atoms with Crippen molar-refractivity contribution in [1.82, 2.24) is 14.9 Å². The number of hydrogen-bond donors (Lipinski definition) is 2. The van der Waals surface area contributed by atoms with Crippen molar-refractivity contribution < 1.29 is 19.1 Å². The van der Waals surface area contributed by atoms with Crippen LogP contribution >= 0.6 is 11.6 Å². The van der Waals surface area contributed by atoms with E-state index < -0.39 is 17.1 Å². The Labute approximate surface area is 179 Å². The highest BCUT2D eigenvalue weighted by Gasteiger charge is 2.44. The normalized spacial score (nSPS) is 16.2. The van der Waals surface area contributed by atoms with E-state index in [-0.39, 0.29) is 18.3 Å². The summed E-state index contributed by atoms with van der Waals surface area (Å²) in [4.78, 5) is 44.0. The Bertz CT molecular complexity index is 942. The molecule has 2 aromatic rings. The van der Waals surface area contributed by atoms with Crippen molar-refractivity contribution in [3.8, 4) is 0 Å². The van der Waals surface area contributed by atoms with Crippen molar-refractivity contribution >= 4 is 23.5 Å². The highest BCUT2D eigenvalue weighted by Crippen LogP contribution is 2.38. The second kappa shape index (κ2) is 9.49. The Morgan fingerprint density at radius 1 is 1.07 bits per heavy atom. The Morgan fingerprint density at radius 2 is 1.70 bits per heavy atom. The van der Waals surface area contributed by atoms with Gasteiger partial charge in [0.2, 0.25) is 0 Å². The first-order valence-electron chi connectivity index (χ1n) is 10.0. The number of hydrogen-bond acceptors (Lipinski definition) is 6. The first-order chi connectivity index (χ1) is 14.4. The third kappa shape index (κ3) is 4.60.